The van der Waals surface area contributed by atoms with Gasteiger partial charge in [-0.15, -0.1) is 0 Å². The summed E-state index contributed by atoms with van der Waals surface area (Å²) < 4.78 is 23.2. The summed E-state index contributed by atoms with van der Waals surface area (Å²) in [6, 6.07) is 20.9. The minimum atomic E-state index is -4.05. The predicted molar refractivity (Wildman–Crippen MR) is 153 cm³/mol. The summed E-state index contributed by atoms with van der Waals surface area (Å²) in [4.78, 5) is 10.0. The lowest BCUT2D eigenvalue weighted by Gasteiger charge is -2.37. The number of benzene rings is 2. The number of likely N-dealkylation sites (N-methyl/N-ethyl adjacent to an activating group) is 1. The van der Waals surface area contributed by atoms with Crippen LogP contribution in [0.3, 0.4) is 0 Å². The van der Waals surface area contributed by atoms with Gasteiger partial charge in [0.15, 0.2) is 0 Å². The van der Waals surface area contributed by atoms with Gasteiger partial charge in [-0.2, -0.15) is 0 Å². The van der Waals surface area contributed by atoms with E-state index < -0.39 is 7.82 Å². The summed E-state index contributed by atoms with van der Waals surface area (Å²) in [5.74, 6) is 0.101. The van der Waals surface area contributed by atoms with Crippen LogP contribution in [-0.4, -0.2) is 61.5 Å². The van der Waals surface area contributed by atoms with Crippen molar-refractivity contribution in [2.24, 2.45) is 11.3 Å². The van der Waals surface area contributed by atoms with Crippen LogP contribution in [0.4, 0.5) is 0 Å². The normalized spacial score (nSPS) is 24.9. The summed E-state index contributed by atoms with van der Waals surface area (Å²) in [6.45, 7) is 5.58. The number of hydrogen-bond donors (Lipinski definition) is 2. The number of allylic oxidation sites excluding steroid dienone is 3. The molecule has 0 bridgehead atoms. The number of aliphatic hydroxyl groups is 1. The average Bonchev–Trinajstić information content (AvgIpc) is 3.38. The summed E-state index contributed by atoms with van der Waals surface area (Å²) in [7, 11) is 1.95. The van der Waals surface area contributed by atoms with Gasteiger partial charge in [-0.1, -0.05) is 72.8 Å². The van der Waals surface area contributed by atoms with Crippen LogP contribution in [-0.2, 0) is 13.6 Å². The van der Waals surface area contributed by atoms with Crippen LogP contribution < -0.4 is 0 Å². The molecular formula is C31H43NO5P+. The molecule has 38 heavy (non-hydrogen) atoms. The highest BCUT2D eigenvalue weighted by atomic mass is 31.2. The Morgan fingerprint density at radius 3 is 2.32 bits per heavy atom. The largest absolute Gasteiger partial charge is 0.472 e. The quantitative estimate of drug-likeness (QED) is 0.177. The van der Waals surface area contributed by atoms with Crippen LogP contribution in [0.5, 0.6) is 0 Å². The number of fused-ring (bicyclic) bond motifs is 1. The molecule has 2 aromatic rings. The highest BCUT2D eigenvalue weighted by molar-refractivity contribution is 7.47. The molecule has 0 spiro atoms. The van der Waals surface area contributed by atoms with Gasteiger partial charge in [0.05, 0.1) is 33.9 Å². The second-order valence-corrected chi connectivity index (χ2v) is 13.1. The van der Waals surface area contributed by atoms with Crippen LogP contribution >= 0.6 is 7.82 Å². The Balaban J connectivity index is 1.49. The first kappa shape index (κ1) is 28.9. The molecule has 1 saturated carbocycles. The Morgan fingerprint density at radius 2 is 1.66 bits per heavy atom. The van der Waals surface area contributed by atoms with E-state index in [4.69, 9.17) is 9.05 Å². The number of unbranched alkanes of at least 4 members (excludes halogenated alkanes) is 1. The van der Waals surface area contributed by atoms with Crippen molar-refractivity contribution in [2.45, 2.75) is 44.6 Å². The summed E-state index contributed by atoms with van der Waals surface area (Å²) in [6.07, 6.45) is 4.44. The maximum absolute atomic E-state index is 12.2. The fraction of sp³-hybridized carbons (Fsp3) is 0.484. The van der Waals surface area contributed by atoms with E-state index in [9.17, 15) is 14.6 Å². The highest BCUT2D eigenvalue weighted by Crippen LogP contribution is 2.66. The van der Waals surface area contributed by atoms with Gasteiger partial charge in [0, 0.05) is 11.3 Å². The van der Waals surface area contributed by atoms with E-state index in [1.54, 1.807) is 0 Å². The number of phosphoric acid groups is 1. The maximum Gasteiger partial charge on any atom is 0.472 e. The number of quaternary nitrogens is 1. The number of hydrogen-bond acceptors (Lipinski definition) is 4. The third-order valence-corrected chi connectivity index (χ3v) is 9.08. The molecule has 206 valence electrons. The smallest absolute Gasteiger partial charge is 0.393 e. The van der Waals surface area contributed by atoms with Crippen molar-refractivity contribution in [1.29, 1.82) is 0 Å². The molecule has 1 fully saturated rings. The van der Waals surface area contributed by atoms with Crippen LogP contribution in [0.1, 0.15) is 49.7 Å². The molecular weight excluding hydrogens is 497 g/mol. The van der Waals surface area contributed by atoms with Crippen LogP contribution in [0.15, 0.2) is 72.8 Å². The van der Waals surface area contributed by atoms with Crippen molar-refractivity contribution in [1.82, 2.24) is 0 Å². The van der Waals surface area contributed by atoms with Gasteiger partial charge in [0.1, 0.15) is 13.2 Å². The summed E-state index contributed by atoms with van der Waals surface area (Å²) in [5, 5.41) is 11.1. The van der Waals surface area contributed by atoms with Crippen molar-refractivity contribution in [3.8, 4) is 0 Å². The lowest BCUT2D eigenvalue weighted by Crippen LogP contribution is -2.37. The fourth-order valence-corrected chi connectivity index (χ4v) is 6.94. The van der Waals surface area contributed by atoms with Gasteiger partial charge < -0.3 is 14.5 Å². The van der Waals surface area contributed by atoms with Gasteiger partial charge in [-0.3, -0.25) is 9.05 Å². The van der Waals surface area contributed by atoms with E-state index in [0.29, 0.717) is 17.4 Å². The second kappa shape index (κ2) is 12.0. The minimum Gasteiger partial charge on any atom is -0.393 e. The van der Waals surface area contributed by atoms with Crippen molar-refractivity contribution in [3.63, 3.8) is 0 Å². The van der Waals surface area contributed by atoms with Crippen LogP contribution in [0.2, 0.25) is 0 Å². The van der Waals surface area contributed by atoms with Gasteiger partial charge in [-0.25, -0.2) is 4.57 Å². The molecule has 0 aliphatic heterocycles. The van der Waals surface area contributed by atoms with E-state index in [1.807, 2.05) is 45.4 Å². The molecule has 0 heterocycles. The Morgan fingerprint density at radius 1 is 1.03 bits per heavy atom. The molecule has 6 nitrogen and oxygen atoms in total. The van der Waals surface area contributed by atoms with E-state index in [2.05, 4.69) is 43.0 Å². The van der Waals surface area contributed by atoms with Crippen molar-refractivity contribution < 1.29 is 28.1 Å². The first-order chi connectivity index (χ1) is 18.0. The molecule has 2 aliphatic carbocycles. The topological polar surface area (TPSA) is 76.0 Å². The molecule has 2 aliphatic rings. The molecule has 2 unspecified atom stereocenters. The number of rotatable bonds is 13. The zero-order valence-electron chi connectivity index (χ0n) is 23.0. The lowest BCUT2D eigenvalue weighted by atomic mass is 9.66. The van der Waals surface area contributed by atoms with E-state index in [1.165, 1.54) is 16.7 Å². The van der Waals surface area contributed by atoms with Crippen molar-refractivity contribution in [3.05, 3.63) is 83.9 Å². The zero-order chi connectivity index (χ0) is 27.4. The van der Waals surface area contributed by atoms with Gasteiger partial charge >= 0.3 is 7.82 Å². The van der Waals surface area contributed by atoms with Crippen molar-refractivity contribution in [2.75, 3.05) is 40.9 Å². The SMILES string of the molecule is C=C(c1ccccc1)[C@@]12CC[C@@H](O)C1CC(CCCCOP(=O)(O)OCC[N+](C)(C)C)=C2c1ccccc1. The first-order valence-corrected chi connectivity index (χ1v) is 15.2. The molecule has 0 aromatic heterocycles. The molecule has 0 radical (unpaired) electrons. The number of aliphatic hydroxyl groups excluding tert-OH is 1. The molecule has 0 saturated heterocycles. The predicted octanol–water partition coefficient (Wildman–Crippen LogP) is 6.32. The molecule has 4 rings (SSSR count). The van der Waals surface area contributed by atoms with Gasteiger partial charge in [0.25, 0.3) is 0 Å². The zero-order valence-corrected chi connectivity index (χ0v) is 23.9. The maximum atomic E-state index is 12.2. The van der Waals surface area contributed by atoms with E-state index >= 15 is 0 Å². The standard InChI is InChI=1S/C31H42NO5P/c1-24(25-13-7-5-8-14-25)31-19-18-29(33)28(31)23-27(30(31)26-15-9-6-10-16-26)17-11-12-21-36-38(34,35)37-22-20-32(2,3)4/h5-10,13-16,28-29,33H,1,11-12,17-23H2,2-4H3/p+1/t28?,29-,31+/m1/s1. The van der Waals surface area contributed by atoms with Gasteiger partial charge in [-0.05, 0) is 60.8 Å². The second-order valence-electron chi connectivity index (χ2n) is 11.7. The van der Waals surface area contributed by atoms with E-state index in [-0.39, 0.29) is 30.7 Å². The summed E-state index contributed by atoms with van der Waals surface area (Å²) >= 11 is 0. The Hall–Kier alpha value is -2.05. The first-order valence-electron chi connectivity index (χ1n) is 13.7. The minimum absolute atomic E-state index is 0.101. The Kier molecular flexibility index (Phi) is 9.14. The Labute approximate surface area is 227 Å². The fourth-order valence-electron chi connectivity index (χ4n) is 6.20. The van der Waals surface area contributed by atoms with Crippen molar-refractivity contribution >= 4 is 19.0 Å². The third kappa shape index (κ3) is 6.56. The molecule has 0 amide bonds. The third-order valence-electron chi connectivity index (χ3n) is 8.06. The monoisotopic (exact) mass is 540 g/mol. The van der Waals surface area contributed by atoms with E-state index in [0.717, 1.165) is 43.2 Å². The lowest BCUT2D eigenvalue weighted by molar-refractivity contribution is -0.870. The number of nitrogens with zero attached hydrogens (tertiary/aromatic N) is 1. The molecule has 7 heteroatoms. The average molecular weight is 541 g/mol. The molecule has 4 atom stereocenters. The molecule has 2 N–H and O–H groups in total. The van der Waals surface area contributed by atoms with Crippen LogP contribution in [0, 0.1) is 11.3 Å². The van der Waals surface area contributed by atoms with Gasteiger partial charge in [0.2, 0.25) is 0 Å². The molecule has 2 aromatic carbocycles. The Bertz CT molecular complexity index is 1170. The summed E-state index contributed by atoms with van der Waals surface area (Å²) in [5.41, 5.74) is 5.77. The highest BCUT2D eigenvalue weighted by Gasteiger charge is 2.56. The number of phosphoric ester groups is 1. The van der Waals surface area contributed by atoms with Crippen LogP contribution in [0.25, 0.3) is 11.1 Å².